The molecule has 1 heterocycles. The highest BCUT2D eigenvalue weighted by atomic mass is 35.5. The lowest BCUT2D eigenvalue weighted by Crippen LogP contribution is -2.30. The number of hydrogen-bond donors (Lipinski definition) is 1. The number of benzene rings is 1. The molecule has 0 radical (unpaired) electrons. The Morgan fingerprint density at radius 1 is 1.42 bits per heavy atom. The van der Waals surface area contributed by atoms with Crippen LogP contribution < -0.4 is 5.32 Å². The second kappa shape index (κ2) is 7.52. The molecule has 1 amide bonds. The fourth-order valence-corrected chi connectivity index (χ4v) is 2.60. The van der Waals surface area contributed by atoms with Gasteiger partial charge in [-0.25, -0.2) is 4.68 Å². The van der Waals surface area contributed by atoms with E-state index in [1.807, 2.05) is 26.0 Å². The lowest BCUT2D eigenvalue weighted by molar-refractivity contribution is -0.117. The third-order valence-electron chi connectivity index (χ3n) is 3.17. The molecule has 0 fully saturated rings. The van der Waals surface area contributed by atoms with Gasteiger partial charge in [-0.15, -0.1) is 0 Å². The minimum absolute atomic E-state index is 0.0284. The van der Waals surface area contributed by atoms with E-state index in [0.717, 1.165) is 0 Å². The van der Waals surface area contributed by atoms with Crippen LogP contribution in [0.5, 0.6) is 0 Å². The molecule has 24 heavy (non-hydrogen) atoms. The maximum Gasteiger partial charge on any atom is 0.262 e. The number of aromatic nitrogens is 2. The Hall–Kier alpha value is -2.29. The average Bonchev–Trinajstić information content (AvgIpc) is 2.79. The number of carbonyl (C=O) groups excluding carboxylic acids is 1. The molecule has 2 rings (SSSR count). The van der Waals surface area contributed by atoms with E-state index in [4.69, 9.17) is 23.2 Å². The van der Waals surface area contributed by atoms with Crippen molar-refractivity contribution in [1.82, 2.24) is 15.1 Å². The van der Waals surface area contributed by atoms with Crippen LogP contribution >= 0.6 is 23.2 Å². The van der Waals surface area contributed by atoms with E-state index in [2.05, 4.69) is 10.4 Å². The minimum atomic E-state index is -0.446. The van der Waals surface area contributed by atoms with Crippen molar-refractivity contribution < 1.29 is 4.79 Å². The Bertz CT molecular complexity index is 847. The first-order chi connectivity index (χ1) is 11.3. The van der Waals surface area contributed by atoms with Gasteiger partial charge >= 0.3 is 0 Å². The van der Waals surface area contributed by atoms with Crippen molar-refractivity contribution in [3.63, 3.8) is 0 Å². The summed E-state index contributed by atoms with van der Waals surface area (Å²) in [6, 6.07) is 8.91. The van der Waals surface area contributed by atoms with Crippen LogP contribution in [0, 0.1) is 18.3 Å². The van der Waals surface area contributed by atoms with Crippen LogP contribution in [0.4, 0.5) is 0 Å². The maximum absolute atomic E-state index is 12.0. The number of nitrogens with zero attached hydrogens (tertiary/aromatic N) is 3. The summed E-state index contributed by atoms with van der Waals surface area (Å²) in [6.07, 6.45) is 1.45. The van der Waals surface area contributed by atoms with E-state index < -0.39 is 5.91 Å². The van der Waals surface area contributed by atoms with Crippen molar-refractivity contribution in [2.45, 2.75) is 26.8 Å². The molecular weight excluding hydrogens is 347 g/mol. The van der Waals surface area contributed by atoms with Crippen molar-refractivity contribution in [3.05, 3.63) is 51.3 Å². The molecule has 1 aromatic heterocycles. The van der Waals surface area contributed by atoms with Gasteiger partial charge in [0.1, 0.15) is 16.8 Å². The monoisotopic (exact) mass is 362 g/mol. The zero-order valence-corrected chi connectivity index (χ0v) is 15.0. The van der Waals surface area contributed by atoms with Crippen molar-refractivity contribution >= 4 is 35.2 Å². The van der Waals surface area contributed by atoms with E-state index >= 15 is 0 Å². The van der Waals surface area contributed by atoms with Crippen molar-refractivity contribution in [2.75, 3.05) is 0 Å². The summed E-state index contributed by atoms with van der Waals surface area (Å²) < 4.78 is 1.52. The highest BCUT2D eigenvalue weighted by Gasteiger charge is 2.17. The SMILES string of the molecule is Cc1nn(-c2cccc(Cl)c2)c(Cl)c1/C=C(\C#N)C(=O)NC(C)C. The van der Waals surface area contributed by atoms with Gasteiger partial charge in [-0.05, 0) is 45.0 Å². The van der Waals surface area contributed by atoms with E-state index in [1.54, 1.807) is 25.1 Å². The van der Waals surface area contributed by atoms with Gasteiger partial charge in [0.15, 0.2) is 0 Å². The largest absolute Gasteiger partial charge is 0.349 e. The molecule has 5 nitrogen and oxygen atoms in total. The maximum atomic E-state index is 12.0. The second-order valence-electron chi connectivity index (χ2n) is 5.48. The van der Waals surface area contributed by atoms with Crippen molar-refractivity contribution in [1.29, 1.82) is 5.26 Å². The van der Waals surface area contributed by atoms with Gasteiger partial charge < -0.3 is 5.32 Å². The number of hydrogen-bond acceptors (Lipinski definition) is 3. The predicted molar refractivity (Wildman–Crippen MR) is 95.2 cm³/mol. The normalized spacial score (nSPS) is 11.5. The lowest BCUT2D eigenvalue weighted by atomic mass is 10.1. The smallest absolute Gasteiger partial charge is 0.262 e. The van der Waals surface area contributed by atoms with E-state index in [-0.39, 0.29) is 11.6 Å². The summed E-state index contributed by atoms with van der Waals surface area (Å²) in [5, 5.41) is 17.2. The van der Waals surface area contributed by atoms with Crippen LogP contribution in [0.2, 0.25) is 10.2 Å². The third-order valence-corrected chi connectivity index (χ3v) is 3.77. The third kappa shape index (κ3) is 3.97. The van der Waals surface area contributed by atoms with Crippen molar-refractivity contribution in [3.8, 4) is 11.8 Å². The summed E-state index contributed by atoms with van der Waals surface area (Å²) in [5.41, 5.74) is 1.79. The van der Waals surface area contributed by atoms with Gasteiger partial charge in [-0.2, -0.15) is 10.4 Å². The number of nitrogens with one attached hydrogen (secondary N) is 1. The Morgan fingerprint density at radius 3 is 2.71 bits per heavy atom. The molecule has 0 unspecified atom stereocenters. The van der Waals surface area contributed by atoms with E-state index in [9.17, 15) is 10.1 Å². The van der Waals surface area contributed by atoms with E-state index in [0.29, 0.717) is 27.1 Å². The van der Waals surface area contributed by atoms with Gasteiger partial charge in [-0.3, -0.25) is 4.79 Å². The molecule has 1 N–H and O–H groups in total. The van der Waals surface area contributed by atoms with Crippen LogP contribution in [0.25, 0.3) is 11.8 Å². The number of carbonyl (C=O) groups is 1. The second-order valence-corrected chi connectivity index (χ2v) is 6.27. The number of aryl methyl sites for hydroxylation is 1. The molecule has 0 saturated carbocycles. The zero-order chi connectivity index (χ0) is 17.9. The Labute approximate surface area is 150 Å². The Kier molecular flexibility index (Phi) is 5.66. The zero-order valence-electron chi connectivity index (χ0n) is 13.5. The molecule has 0 aliphatic heterocycles. The first kappa shape index (κ1) is 18.1. The molecule has 2 aromatic rings. The van der Waals surface area contributed by atoms with Crippen LogP contribution in [-0.2, 0) is 4.79 Å². The molecule has 1 aromatic carbocycles. The molecule has 0 spiro atoms. The quantitative estimate of drug-likeness (QED) is 0.661. The first-order valence-electron chi connectivity index (χ1n) is 7.27. The first-order valence-corrected chi connectivity index (χ1v) is 8.02. The Morgan fingerprint density at radius 2 is 2.12 bits per heavy atom. The summed E-state index contributed by atoms with van der Waals surface area (Å²) in [5.74, 6) is -0.446. The molecule has 124 valence electrons. The van der Waals surface area contributed by atoms with Gasteiger partial charge in [0, 0.05) is 16.6 Å². The average molecular weight is 363 g/mol. The van der Waals surface area contributed by atoms with Crippen LogP contribution in [0.1, 0.15) is 25.1 Å². The number of rotatable bonds is 4. The molecule has 0 aliphatic carbocycles. The number of nitriles is 1. The fourth-order valence-electron chi connectivity index (χ4n) is 2.09. The molecule has 0 saturated heterocycles. The number of halogens is 2. The van der Waals surface area contributed by atoms with Crippen LogP contribution in [-0.4, -0.2) is 21.7 Å². The molecule has 7 heteroatoms. The summed E-state index contributed by atoms with van der Waals surface area (Å²) >= 11 is 12.4. The van der Waals surface area contributed by atoms with Crippen molar-refractivity contribution in [2.24, 2.45) is 0 Å². The summed E-state index contributed by atoms with van der Waals surface area (Å²) in [7, 11) is 0. The van der Waals surface area contributed by atoms with Gasteiger partial charge in [0.25, 0.3) is 5.91 Å². The van der Waals surface area contributed by atoms with Crippen LogP contribution in [0.3, 0.4) is 0 Å². The standard InChI is InChI=1S/C17H16Cl2N4O/c1-10(2)21-17(24)12(9-20)7-15-11(3)22-23(16(15)19)14-6-4-5-13(18)8-14/h4-8,10H,1-3H3,(H,21,24)/b12-7+. The predicted octanol–water partition coefficient (Wildman–Crippen LogP) is 3.92. The fraction of sp³-hybridized carbons (Fsp3) is 0.235. The molecule has 0 aliphatic rings. The summed E-state index contributed by atoms with van der Waals surface area (Å²) in [6.45, 7) is 5.40. The summed E-state index contributed by atoms with van der Waals surface area (Å²) in [4.78, 5) is 12.0. The van der Waals surface area contributed by atoms with E-state index in [1.165, 1.54) is 10.8 Å². The molecule has 0 atom stereocenters. The van der Waals surface area contributed by atoms with Gasteiger partial charge in [0.2, 0.25) is 0 Å². The Balaban J connectivity index is 2.47. The highest BCUT2D eigenvalue weighted by molar-refractivity contribution is 6.32. The highest BCUT2D eigenvalue weighted by Crippen LogP contribution is 2.26. The minimum Gasteiger partial charge on any atom is -0.349 e. The lowest BCUT2D eigenvalue weighted by Gasteiger charge is -2.07. The van der Waals surface area contributed by atoms with Gasteiger partial charge in [0.05, 0.1) is 11.4 Å². The molecule has 0 bridgehead atoms. The molecular formula is C17H16Cl2N4O. The van der Waals surface area contributed by atoms with Gasteiger partial charge in [-0.1, -0.05) is 29.3 Å². The topological polar surface area (TPSA) is 70.7 Å². The number of amides is 1. The van der Waals surface area contributed by atoms with Crippen LogP contribution in [0.15, 0.2) is 29.8 Å².